The summed E-state index contributed by atoms with van der Waals surface area (Å²) in [6.07, 6.45) is 3.58. The third kappa shape index (κ3) is 3.54. The molecule has 0 aliphatic heterocycles. The summed E-state index contributed by atoms with van der Waals surface area (Å²) in [5, 5.41) is 14.9. The SMILES string of the molecule is Cc1noc(C)c1Cn1cc(NC(=S)Nc2ccccc2N)cn1. The van der Waals surface area contributed by atoms with Crippen molar-refractivity contribution in [2.45, 2.75) is 20.4 Å². The number of nitrogens with one attached hydrogen (secondary N) is 2. The summed E-state index contributed by atoms with van der Waals surface area (Å²) in [5.74, 6) is 0.800. The average molecular weight is 342 g/mol. The fraction of sp³-hybridized carbons (Fsp3) is 0.188. The maximum atomic E-state index is 5.89. The van der Waals surface area contributed by atoms with Gasteiger partial charge in [-0.3, -0.25) is 4.68 Å². The molecule has 0 amide bonds. The van der Waals surface area contributed by atoms with E-state index in [-0.39, 0.29) is 0 Å². The van der Waals surface area contributed by atoms with Crippen molar-refractivity contribution in [2.75, 3.05) is 16.4 Å². The Hall–Kier alpha value is -2.87. The number of hydrogen-bond donors (Lipinski definition) is 3. The number of nitrogens with two attached hydrogens (primary N) is 1. The zero-order valence-electron chi connectivity index (χ0n) is 13.4. The number of aromatic nitrogens is 3. The van der Waals surface area contributed by atoms with Crippen molar-refractivity contribution in [1.82, 2.24) is 14.9 Å². The Kier molecular flexibility index (Phi) is 4.48. The van der Waals surface area contributed by atoms with Gasteiger partial charge in [0.25, 0.3) is 0 Å². The van der Waals surface area contributed by atoms with Crippen LogP contribution < -0.4 is 16.4 Å². The molecule has 3 rings (SSSR count). The lowest BCUT2D eigenvalue weighted by Gasteiger charge is -2.10. The van der Waals surface area contributed by atoms with E-state index in [2.05, 4.69) is 20.9 Å². The van der Waals surface area contributed by atoms with Gasteiger partial charge in [0.15, 0.2) is 5.11 Å². The number of anilines is 3. The van der Waals surface area contributed by atoms with Crippen molar-refractivity contribution in [1.29, 1.82) is 0 Å². The smallest absolute Gasteiger partial charge is 0.175 e. The van der Waals surface area contributed by atoms with Crippen LogP contribution >= 0.6 is 12.2 Å². The van der Waals surface area contributed by atoms with Gasteiger partial charge in [-0.05, 0) is 38.2 Å². The number of rotatable bonds is 4. The molecular weight excluding hydrogens is 324 g/mol. The van der Waals surface area contributed by atoms with Crippen molar-refractivity contribution in [2.24, 2.45) is 0 Å². The molecule has 0 bridgehead atoms. The van der Waals surface area contributed by atoms with Crippen LogP contribution in [0.25, 0.3) is 0 Å². The van der Waals surface area contributed by atoms with E-state index < -0.39 is 0 Å². The number of thiocarbonyl (C=S) groups is 1. The van der Waals surface area contributed by atoms with Gasteiger partial charge in [0.2, 0.25) is 0 Å². The minimum atomic E-state index is 0.449. The Balaban J connectivity index is 1.64. The highest BCUT2D eigenvalue weighted by Crippen LogP contribution is 2.18. The molecule has 0 radical (unpaired) electrons. The lowest BCUT2D eigenvalue weighted by atomic mass is 10.2. The molecule has 0 aliphatic rings. The van der Waals surface area contributed by atoms with Crippen molar-refractivity contribution < 1.29 is 4.52 Å². The Morgan fingerprint density at radius 3 is 2.79 bits per heavy atom. The minimum absolute atomic E-state index is 0.449. The molecule has 0 spiro atoms. The first-order chi connectivity index (χ1) is 11.5. The molecule has 0 fully saturated rings. The average Bonchev–Trinajstić information content (AvgIpc) is 3.11. The zero-order chi connectivity index (χ0) is 17.1. The van der Waals surface area contributed by atoms with Gasteiger partial charge in [0.1, 0.15) is 5.76 Å². The molecule has 4 N–H and O–H groups in total. The van der Waals surface area contributed by atoms with Gasteiger partial charge in [-0.1, -0.05) is 17.3 Å². The quantitative estimate of drug-likeness (QED) is 0.496. The van der Waals surface area contributed by atoms with Crippen LogP contribution in [0.2, 0.25) is 0 Å². The summed E-state index contributed by atoms with van der Waals surface area (Å²) in [5.41, 5.74) is 9.97. The maximum absolute atomic E-state index is 5.89. The van der Waals surface area contributed by atoms with Gasteiger partial charge < -0.3 is 20.9 Å². The molecule has 0 saturated heterocycles. The van der Waals surface area contributed by atoms with Crippen LogP contribution in [0.15, 0.2) is 41.2 Å². The molecule has 0 saturated carbocycles. The van der Waals surface area contributed by atoms with Crippen LogP contribution in [0.3, 0.4) is 0 Å². The molecule has 124 valence electrons. The van der Waals surface area contributed by atoms with E-state index >= 15 is 0 Å². The number of nitrogens with zero attached hydrogens (tertiary/aromatic N) is 3. The highest BCUT2D eigenvalue weighted by molar-refractivity contribution is 7.80. The van der Waals surface area contributed by atoms with Gasteiger partial charge in [-0.25, -0.2) is 0 Å². The summed E-state index contributed by atoms with van der Waals surface area (Å²) >= 11 is 5.30. The van der Waals surface area contributed by atoms with Crippen LogP contribution in [0, 0.1) is 13.8 Å². The predicted molar refractivity (Wildman–Crippen MR) is 98.0 cm³/mol. The molecular formula is C16H18N6OS. The number of benzene rings is 1. The maximum Gasteiger partial charge on any atom is 0.175 e. The van der Waals surface area contributed by atoms with Gasteiger partial charge in [-0.2, -0.15) is 5.10 Å². The van der Waals surface area contributed by atoms with E-state index in [0.717, 1.165) is 28.4 Å². The Labute approximate surface area is 144 Å². The van der Waals surface area contributed by atoms with E-state index in [1.165, 1.54) is 0 Å². The lowest BCUT2D eigenvalue weighted by Crippen LogP contribution is -2.19. The zero-order valence-corrected chi connectivity index (χ0v) is 14.2. The third-order valence-corrected chi connectivity index (χ3v) is 3.81. The van der Waals surface area contributed by atoms with E-state index in [1.54, 1.807) is 10.9 Å². The molecule has 2 heterocycles. The van der Waals surface area contributed by atoms with Gasteiger partial charge >= 0.3 is 0 Å². The number of para-hydroxylation sites is 2. The first kappa shape index (κ1) is 16.0. The summed E-state index contributed by atoms with van der Waals surface area (Å²) in [6.45, 7) is 4.40. The van der Waals surface area contributed by atoms with Crippen LogP contribution in [0.5, 0.6) is 0 Å². The Morgan fingerprint density at radius 1 is 1.29 bits per heavy atom. The number of nitrogen functional groups attached to an aromatic ring is 1. The standard InChI is InChI=1S/C16H18N6OS/c1-10-13(11(2)23-21-10)9-22-8-12(7-18-22)19-16(24)20-15-6-4-3-5-14(15)17/h3-8H,9,17H2,1-2H3,(H2,19,20,24). The molecule has 24 heavy (non-hydrogen) atoms. The molecule has 8 heteroatoms. The van der Waals surface area contributed by atoms with E-state index in [1.807, 2.05) is 44.3 Å². The Morgan fingerprint density at radius 2 is 2.08 bits per heavy atom. The van der Waals surface area contributed by atoms with Crippen molar-refractivity contribution in [3.63, 3.8) is 0 Å². The molecule has 7 nitrogen and oxygen atoms in total. The van der Waals surface area contributed by atoms with E-state index in [0.29, 0.717) is 17.3 Å². The normalized spacial score (nSPS) is 10.6. The van der Waals surface area contributed by atoms with Crippen LogP contribution in [0.4, 0.5) is 17.1 Å². The highest BCUT2D eigenvalue weighted by atomic mass is 32.1. The number of aryl methyl sites for hydroxylation is 2. The molecule has 3 aromatic rings. The highest BCUT2D eigenvalue weighted by Gasteiger charge is 2.10. The first-order valence-corrected chi connectivity index (χ1v) is 7.80. The Bertz CT molecular complexity index is 850. The lowest BCUT2D eigenvalue weighted by molar-refractivity contribution is 0.391. The van der Waals surface area contributed by atoms with Gasteiger partial charge in [-0.15, -0.1) is 0 Å². The van der Waals surface area contributed by atoms with Crippen molar-refractivity contribution in [3.8, 4) is 0 Å². The fourth-order valence-corrected chi connectivity index (χ4v) is 2.53. The second-order valence-corrected chi connectivity index (χ2v) is 5.80. The van der Waals surface area contributed by atoms with E-state index in [9.17, 15) is 0 Å². The minimum Gasteiger partial charge on any atom is -0.397 e. The largest absolute Gasteiger partial charge is 0.397 e. The summed E-state index contributed by atoms with van der Waals surface area (Å²) in [7, 11) is 0. The second-order valence-electron chi connectivity index (χ2n) is 5.40. The van der Waals surface area contributed by atoms with Crippen molar-refractivity contribution in [3.05, 3.63) is 53.7 Å². The molecule has 0 atom stereocenters. The van der Waals surface area contributed by atoms with Crippen molar-refractivity contribution >= 4 is 34.4 Å². The number of hydrogen-bond acceptors (Lipinski definition) is 5. The topological polar surface area (TPSA) is 93.9 Å². The van der Waals surface area contributed by atoms with Gasteiger partial charge in [0, 0.05) is 11.8 Å². The van der Waals surface area contributed by atoms with Crippen LogP contribution in [-0.4, -0.2) is 20.0 Å². The predicted octanol–water partition coefficient (Wildman–Crippen LogP) is 2.93. The fourth-order valence-electron chi connectivity index (χ4n) is 2.30. The summed E-state index contributed by atoms with van der Waals surface area (Å²) in [6, 6.07) is 7.44. The van der Waals surface area contributed by atoms with Gasteiger partial charge in [0.05, 0.1) is 35.5 Å². The third-order valence-electron chi connectivity index (χ3n) is 3.60. The molecule has 0 unspecified atom stereocenters. The van der Waals surface area contributed by atoms with Crippen LogP contribution in [-0.2, 0) is 6.54 Å². The monoisotopic (exact) mass is 342 g/mol. The van der Waals surface area contributed by atoms with Crippen LogP contribution in [0.1, 0.15) is 17.0 Å². The van der Waals surface area contributed by atoms with E-state index in [4.69, 9.17) is 22.5 Å². The summed E-state index contributed by atoms with van der Waals surface area (Å²) in [4.78, 5) is 0. The summed E-state index contributed by atoms with van der Waals surface area (Å²) < 4.78 is 6.97. The second kappa shape index (κ2) is 6.71. The molecule has 1 aromatic carbocycles. The first-order valence-electron chi connectivity index (χ1n) is 7.39. The molecule has 0 aliphatic carbocycles. The molecule has 2 aromatic heterocycles.